The molecular weight excluding hydrogens is 426 g/mol. The fourth-order valence-electron chi connectivity index (χ4n) is 4.76. The summed E-state index contributed by atoms with van der Waals surface area (Å²) in [5.74, 6) is 2.68. The fourth-order valence-corrected chi connectivity index (χ4v) is 4.76. The van der Waals surface area contributed by atoms with Crippen LogP contribution in [0.1, 0.15) is 29.3 Å². The molecule has 1 atom stereocenters. The molecular formula is C28H29N3O3. The first-order chi connectivity index (χ1) is 16.5. The van der Waals surface area contributed by atoms with Crippen LogP contribution in [0.2, 0.25) is 0 Å². The van der Waals surface area contributed by atoms with Gasteiger partial charge in [0.15, 0.2) is 0 Å². The Balaban J connectivity index is 1.40. The number of anilines is 1. The number of aromatic nitrogens is 2. The second-order valence-corrected chi connectivity index (χ2v) is 8.83. The van der Waals surface area contributed by atoms with Gasteiger partial charge < -0.3 is 18.9 Å². The second kappa shape index (κ2) is 9.21. The number of fused-ring (bicyclic) bond motifs is 1. The number of nitrogens with zero attached hydrogens (tertiary/aromatic N) is 3. The number of hydrogen-bond acceptors (Lipinski definition) is 4. The average molecular weight is 456 g/mol. The highest BCUT2D eigenvalue weighted by Gasteiger charge is 2.35. The standard InChI is InChI=1S/C28H29N3O3/c1-19-11-12-26(20(2)15-19)34-14-13-30-25-10-5-4-9-24(25)29-28(30)21-16-27(32)31(18-21)22-7-6-8-23(17-22)33-3/h4-12,15,17,21H,13-14,16,18H2,1-3H3. The van der Waals surface area contributed by atoms with Crippen molar-refractivity contribution in [2.45, 2.75) is 32.7 Å². The molecule has 2 heterocycles. The van der Waals surface area contributed by atoms with Crippen molar-refractivity contribution < 1.29 is 14.3 Å². The summed E-state index contributed by atoms with van der Waals surface area (Å²) in [6, 6.07) is 22.0. The van der Waals surface area contributed by atoms with Gasteiger partial charge in [0.25, 0.3) is 0 Å². The zero-order chi connectivity index (χ0) is 23.7. The predicted octanol–water partition coefficient (Wildman–Crippen LogP) is 5.26. The number of benzene rings is 3. The van der Waals surface area contributed by atoms with Crippen LogP contribution in [0, 0.1) is 13.8 Å². The molecule has 0 N–H and O–H groups in total. The highest BCUT2D eigenvalue weighted by molar-refractivity contribution is 5.96. The molecule has 0 radical (unpaired) electrons. The van der Waals surface area contributed by atoms with E-state index in [4.69, 9.17) is 14.5 Å². The first-order valence-corrected chi connectivity index (χ1v) is 11.6. The third kappa shape index (κ3) is 4.23. The molecule has 1 unspecified atom stereocenters. The normalized spacial score (nSPS) is 15.8. The third-order valence-electron chi connectivity index (χ3n) is 6.44. The minimum atomic E-state index is 0.00668. The Hall–Kier alpha value is -3.80. The molecule has 1 aliphatic rings. The van der Waals surface area contributed by atoms with Crippen LogP contribution in [0.15, 0.2) is 66.7 Å². The summed E-state index contributed by atoms with van der Waals surface area (Å²) >= 11 is 0. The van der Waals surface area contributed by atoms with E-state index in [1.165, 1.54) is 5.56 Å². The summed E-state index contributed by atoms with van der Waals surface area (Å²) in [6.07, 6.45) is 0.429. The van der Waals surface area contributed by atoms with E-state index in [0.29, 0.717) is 26.1 Å². The SMILES string of the molecule is COc1cccc(N2CC(c3nc4ccccc4n3CCOc3ccc(C)cc3C)CC2=O)c1. The molecule has 34 heavy (non-hydrogen) atoms. The van der Waals surface area contributed by atoms with Crippen molar-refractivity contribution in [2.75, 3.05) is 25.2 Å². The van der Waals surface area contributed by atoms with Crippen molar-refractivity contribution in [3.63, 3.8) is 0 Å². The lowest BCUT2D eigenvalue weighted by Gasteiger charge is -2.18. The first-order valence-electron chi connectivity index (χ1n) is 11.6. The minimum Gasteiger partial charge on any atom is -0.497 e. The van der Waals surface area contributed by atoms with Crippen LogP contribution in [0.5, 0.6) is 11.5 Å². The summed E-state index contributed by atoms with van der Waals surface area (Å²) in [4.78, 5) is 19.8. The molecule has 3 aromatic carbocycles. The van der Waals surface area contributed by atoms with E-state index in [-0.39, 0.29) is 11.8 Å². The van der Waals surface area contributed by atoms with Crippen molar-refractivity contribution in [2.24, 2.45) is 0 Å². The van der Waals surface area contributed by atoms with Crippen LogP contribution in [-0.2, 0) is 11.3 Å². The Kier molecular flexibility index (Phi) is 5.97. The number of carbonyl (C=O) groups excluding carboxylic acids is 1. The summed E-state index contributed by atoms with van der Waals surface area (Å²) in [7, 11) is 1.64. The number of para-hydroxylation sites is 2. The zero-order valence-electron chi connectivity index (χ0n) is 19.8. The number of imidazole rings is 1. The van der Waals surface area contributed by atoms with Gasteiger partial charge in [0.1, 0.15) is 23.9 Å². The Morgan fingerprint density at radius 1 is 1.03 bits per heavy atom. The molecule has 1 fully saturated rings. The highest BCUT2D eigenvalue weighted by atomic mass is 16.5. The van der Waals surface area contributed by atoms with Crippen LogP contribution >= 0.6 is 0 Å². The summed E-state index contributed by atoms with van der Waals surface area (Å²) in [6.45, 7) is 5.92. The van der Waals surface area contributed by atoms with Crippen LogP contribution in [0.4, 0.5) is 5.69 Å². The molecule has 1 aliphatic heterocycles. The van der Waals surface area contributed by atoms with Gasteiger partial charge in [0, 0.05) is 30.6 Å². The Bertz CT molecular complexity index is 1340. The topological polar surface area (TPSA) is 56.6 Å². The van der Waals surface area contributed by atoms with Gasteiger partial charge in [-0.05, 0) is 49.7 Å². The van der Waals surface area contributed by atoms with E-state index in [0.717, 1.165) is 39.6 Å². The van der Waals surface area contributed by atoms with E-state index in [9.17, 15) is 4.79 Å². The van der Waals surface area contributed by atoms with Gasteiger partial charge in [-0.2, -0.15) is 0 Å². The van der Waals surface area contributed by atoms with Gasteiger partial charge in [0.2, 0.25) is 5.91 Å². The van der Waals surface area contributed by atoms with Crippen LogP contribution < -0.4 is 14.4 Å². The quantitative estimate of drug-likeness (QED) is 0.381. The second-order valence-electron chi connectivity index (χ2n) is 8.83. The lowest BCUT2D eigenvalue weighted by Crippen LogP contribution is -2.24. The molecule has 0 aliphatic carbocycles. The van der Waals surface area contributed by atoms with Gasteiger partial charge >= 0.3 is 0 Å². The van der Waals surface area contributed by atoms with Crippen molar-refractivity contribution in [1.29, 1.82) is 0 Å². The molecule has 6 heteroatoms. The smallest absolute Gasteiger partial charge is 0.227 e. The maximum absolute atomic E-state index is 13.0. The van der Waals surface area contributed by atoms with E-state index in [1.54, 1.807) is 7.11 Å². The Labute approximate surface area is 199 Å². The maximum Gasteiger partial charge on any atom is 0.227 e. The monoisotopic (exact) mass is 455 g/mol. The lowest BCUT2D eigenvalue weighted by molar-refractivity contribution is -0.117. The van der Waals surface area contributed by atoms with Crippen molar-refractivity contribution in [3.05, 3.63) is 83.7 Å². The van der Waals surface area contributed by atoms with Gasteiger partial charge in [0.05, 0.1) is 24.7 Å². The summed E-state index contributed by atoms with van der Waals surface area (Å²) < 4.78 is 13.7. The molecule has 5 rings (SSSR count). The third-order valence-corrected chi connectivity index (χ3v) is 6.44. The number of ether oxygens (including phenoxy) is 2. The van der Waals surface area contributed by atoms with Gasteiger partial charge in [-0.15, -0.1) is 0 Å². The lowest BCUT2D eigenvalue weighted by atomic mass is 10.1. The minimum absolute atomic E-state index is 0.00668. The zero-order valence-corrected chi connectivity index (χ0v) is 19.8. The number of aryl methyl sites for hydroxylation is 2. The molecule has 4 aromatic rings. The number of carbonyl (C=O) groups is 1. The van der Waals surface area contributed by atoms with Crippen molar-refractivity contribution in [1.82, 2.24) is 9.55 Å². The van der Waals surface area contributed by atoms with Crippen molar-refractivity contribution in [3.8, 4) is 11.5 Å². The molecule has 1 saturated heterocycles. The number of hydrogen-bond donors (Lipinski definition) is 0. The van der Waals surface area contributed by atoms with Crippen molar-refractivity contribution >= 4 is 22.6 Å². The number of methoxy groups -OCH3 is 1. The van der Waals surface area contributed by atoms with Crippen LogP contribution in [-0.4, -0.2) is 35.7 Å². The molecule has 0 spiro atoms. The van der Waals surface area contributed by atoms with Gasteiger partial charge in [-0.1, -0.05) is 35.9 Å². The summed E-state index contributed by atoms with van der Waals surface area (Å²) in [5, 5.41) is 0. The van der Waals surface area contributed by atoms with Gasteiger partial charge in [-0.25, -0.2) is 4.98 Å². The molecule has 1 aromatic heterocycles. The largest absolute Gasteiger partial charge is 0.497 e. The average Bonchev–Trinajstić information content (AvgIpc) is 3.41. The predicted molar refractivity (Wildman–Crippen MR) is 134 cm³/mol. The van der Waals surface area contributed by atoms with E-state index < -0.39 is 0 Å². The first kappa shape index (κ1) is 22.0. The van der Waals surface area contributed by atoms with E-state index in [1.807, 2.05) is 53.4 Å². The molecule has 174 valence electrons. The Morgan fingerprint density at radius 3 is 2.71 bits per heavy atom. The molecule has 6 nitrogen and oxygen atoms in total. The van der Waals surface area contributed by atoms with E-state index >= 15 is 0 Å². The molecule has 0 saturated carbocycles. The van der Waals surface area contributed by atoms with Crippen LogP contribution in [0.3, 0.4) is 0 Å². The fraction of sp³-hybridized carbons (Fsp3) is 0.286. The summed E-state index contributed by atoms with van der Waals surface area (Å²) in [5.41, 5.74) is 5.21. The maximum atomic E-state index is 13.0. The number of rotatable bonds is 7. The van der Waals surface area contributed by atoms with E-state index in [2.05, 4.69) is 36.6 Å². The number of amides is 1. The van der Waals surface area contributed by atoms with Crippen LogP contribution in [0.25, 0.3) is 11.0 Å². The highest BCUT2D eigenvalue weighted by Crippen LogP contribution is 2.34. The molecule has 1 amide bonds. The molecule has 0 bridgehead atoms. The Morgan fingerprint density at radius 2 is 1.88 bits per heavy atom. The van der Waals surface area contributed by atoms with Gasteiger partial charge in [-0.3, -0.25) is 4.79 Å².